The maximum absolute atomic E-state index is 11.3. The van der Waals surface area contributed by atoms with E-state index in [0.717, 1.165) is 11.1 Å². The molecule has 2 aromatic rings. The van der Waals surface area contributed by atoms with Crippen molar-refractivity contribution >= 4 is 5.91 Å². The molecule has 2 rings (SSSR count). The third-order valence-electron chi connectivity index (χ3n) is 2.44. The molecule has 0 saturated heterocycles. The van der Waals surface area contributed by atoms with E-state index in [4.69, 9.17) is 5.73 Å². The van der Waals surface area contributed by atoms with Gasteiger partial charge in [0.25, 0.3) is 5.91 Å². The molecule has 0 atom stereocenters. The van der Waals surface area contributed by atoms with Crippen LogP contribution in [-0.2, 0) is 13.5 Å². The predicted molar refractivity (Wildman–Crippen MR) is 62.1 cm³/mol. The first-order chi connectivity index (χ1) is 8.11. The maximum atomic E-state index is 11.3. The summed E-state index contributed by atoms with van der Waals surface area (Å²) in [5.74, 6) is -0.0708. The van der Waals surface area contributed by atoms with Crippen molar-refractivity contribution in [2.24, 2.45) is 12.8 Å². The molecule has 0 radical (unpaired) electrons. The van der Waals surface area contributed by atoms with Gasteiger partial charge in [-0.1, -0.05) is 6.92 Å². The van der Waals surface area contributed by atoms with Crippen LogP contribution in [0.4, 0.5) is 0 Å². The molecule has 0 aliphatic heterocycles. The second-order valence-electron chi connectivity index (χ2n) is 3.69. The SMILES string of the molecule is CCc1cnc(-c2cnn(C)c2)nc1C(N)=O. The smallest absolute Gasteiger partial charge is 0.267 e. The molecule has 1 amide bonds. The molecule has 0 aliphatic carbocycles. The largest absolute Gasteiger partial charge is 0.364 e. The average Bonchev–Trinajstić information content (AvgIpc) is 2.75. The molecule has 2 N–H and O–H groups in total. The number of primary amides is 1. The van der Waals surface area contributed by atoms with Crippen LogP contribution < -0.4 is 5.73 Å². The minimum Gasteiger partial charge on any atom is -0.364 e. The van der Waals surface area contributed by atoms with E-state index in [-0.39, 0.29) is 5.69 Å². The number of nitrogens with two attached hydrogens (primary N) is 1. The fraction of sp³-hybridized carbons (Fsp3) is 0.273. The number of aromatic nitrogens is 4. The Balaban J connectivity index is 2.50. The molecular formula is C11H13N5O. The highest BCUT2D eigenvalue weighted by molar-refractivity contribution is 5.92. The Morgan fingerprint density at radius 3 is 2.76 bits per heavy atom. The topological polar surface area (TPSA) is 86.7 Å². The van der Waals surface area contributed by atoms with Gasteiger partial charge < -0.3 is 5.73 Å². The van der Waals surface area contributed by atoms with Crippen LogP contribution >= 0.6 is 0 Å². The number of rotatable bonds is 3. The van der Waals surface area contributed by atoms with Crippen LogP contribution in [0.25, 0.3) is 11.4 Å². The Labute approximate surface area is 98.5 Å². The summed E-state index contributed by atoms with van der Waals surface area (Å²) in [5, 5.41) is 4.03. The highest BCUT2D eigenvalue weighted by Crippen LogP contribution is 2.15. The lowest BCUT2D eigenvalue weighted by Gasteiger charge is -2.04. The quantitative estimate of drug-likeness (QED) is 0.835. The molecule has 0 bridgehead atoms. The standard InChI is InChI=1S/C11H13N5O/c1-3-7-4-13-11(15-9(7)10(12)17)8-5-14-16(2)6-8/h4-6H,3H2,1-2H3,(H2,12,17). The molecule has 0 aliphatic rings. The highest BCUT2D eigenvalue weighted by atomic mass is 16.1. The first kappa shape index (κ1) is 11.3. The lowest BCUT2D eigenvalue weighted by atomic mass is 10.1. The maximum Gasteiger partial charge on any atom is 0.267 e. The Kier molecular flexibility index (Phi) is 2.86. The Morgan fingerprint density at radius 1 is 1.47 bits per heavy atom. The van der Waals surface area contributed by atoms with Gasteiger partial charge in [0, 0.05) is 25.0 Å². The van der Waals surface area contributed by atoms with Gasteiger partial charge in [-0.05, 0) is 6.42 Å². The van der Waals surface area contributed by atoms with Crippen molar-refractivity contribution in [1.82, 2.24) is 19.7 Å². The van der Waals surface area contributed by atoms with Gasteiger partial charge in [0.05, 0.1) is 11.8 Å². The molecule has 6 nitrogen and oxygen atoms in total. The van der Waals surface area contributed by atoms with Gasteiger partial charge in [0.2, 0.25) is 0 Å². The van der Waals surface area contributed by atoms with Crippen molar-refractivity contribution in [2.45, 2.75) is 13.3 Å². The summed E-state index contributed by atoms with van der Waals surface area (Å²) in [4.78, 5) is 19.7. The third-order valence-corrected chi connectivity index (χ3v) is 2.44. The summed E-state index contributed by atoms with van der Waals surface area (Å²) in [6, 6.07) is 0. The molecule has 17 heavy (non-hydrogen) atoms. The molecule has 0 fully saturated rings. The molecule has 0 spiro atoms. The molecule has 88 valence electrons. The van der Waals surface area contributed by atoms with Crippen LogP contribution in [0, 0.1) is 0 Å². The van der Waals surface area contributed by atoms with Gasteiger partial charge in [-0.2, -0.15) is 5.10 Å². The van der Waals surface area contributed by atoms with Gasteiger partial charge in [-0.15, -0.1) is 0 Å². The van der Waals surface area contributed by atoms with E-state index >= 15 is 0 Å². The molecule has 0 aromatic carbocycles. The molecule has 2 aromatic heterocycles. The number of hydrogen-bond donors (Lipinski definition) is 1. The van der Waals surface area contributed by atoms with Crippen molar-refractivity contribution in [2.75, 3.05) is 0 Å². The van der Waals surface area contributed by atoms with Crippen molar-refractivity contribution in [1.29, 1.82) is 0 Å². The van der Waals surface area contributed by atoms with Gasteiger partial charge in [-0.3, -0.25) is 9.48 Å². The van der Waals surface area contributed by atoms with Crippen LogP contribution in [-0.4, -0.2) is 25.7 Å². The normalized spacial score (nSPS) is 10.5. The van der Waals surface area contributed by atoms with Gasteiger partial charge in [0.1, 0.15) is 5.69 Å². The van der Waals surface area contributed by atoms with Crippen LogP contribution in [0.15, 0.2) is 18.6 Å². The summed E-state index contributed by atoms with van der Waals surface area (Å²) in [5.41, 5.74) is 7.09. The highest BCUT2D eigenvalue weighted by Gasteiger charge is 2.12. The zero-order valence-electron chi connectivity index (χ0n) is 9.71. The molecular weight excluding hydrogens is 218 g/mol. The third kappa shape index (κ3) is 2.15. The Bertz CT molecular complexity index is 561. The zero-order valence-corrected chi connectivity index (χ0v) is 9.71. The molecule has 6 heteroatoms. The van der Waals surface area contributed by atoms with Crippen molar-refractivity contribution in [3.8, 4) is 11.4 Å². The fourth-order valence-electron chi connectivity index (χ4n) is 1.55. The van der Waals surface area contributed by atoms with Gasteiger partial charge in [0.15, 0.2) is 5.82 Å². The van der Waals surface area contributed by atoms with E-state index in [1.54, 1.807) is 30.3 Å². The monoisotopic (exact) mass is 231 g/mol. The summed E-state index contributed by atoms with van der Waals surface area (Å²) < 4.78 is 1.65. The Hall–Kier alpha value is -2.24. The summed E-state index contributed by atoms with van der Waals surface area (Å²) in [6.45, 7) is 1.93. The number of carbonyl (C=O) groups is 1. The lowest BCUT2D eigenvalue weighted by Crippen LogP contribution is -2.16. The summed E-state index contributed by atoms with van der Waals surface area (Å²) >= 11 is 0. The predicted octanol–water partition coefficient (Wildman–Crippen LogP) is 0.538. The first-order valence-electron chi connectivity index (χ1n) is 5.26. The number of aryl methyl sites for hydroxylation is 2. The number of carbonyl (C=O) groups excluding carboxylic acids is 1. The van der Waals surface area contributed by atoms with E-state index in [1.165, 1.54) is 0 Å². The van der Waals surface area contributed by atoms with E-state index < -0.39 is 5.91 Å². The van der Waals surface area contributed by atoms with Crippen molar-refractivity contribution in [3.63, 3.8) is 0 Å². The van der Waals surface area contributed by atoms with E-state index in [2.05, 4.69) is 15.1 Å². The van der Waals surface area contributed by atoms with E-state index in [0.29, 0.717) is 12.2 Å². The number of amides is 1. The van der Waals surface area contributed by atoms with Crippen LogP contribution in [0.5, 0.6) is 0 Å². The minimum atomic E-state index is -0.533. The molecule has 2 heterocycles. The van der Waals surface area contributed by atoms with Crippen LogP contribution in [0.1, 0.15) is 23.0 Å². The molecule has 0 unspecified atom stereocenters. The van der Waals surface area contributed by atoms with Crippen molar-refractivity contribution in [3.05, 3.63) is 29.8 Å². The van der Waals surface area contributed by atoms with E-state index in [9.17, 15) is 4.79 Å². The minimum absolute atomic E-state index is 0.279. The van der Waals surface area contributed by atoms with Crippen molar-refractivity contribution < 1.29 is 4.79 Å². The molecule has 0 saturated carbocycles. The summed E-state index contributed by atoms with van der Waals surface area (Å²) in [6.07, 6.45) is 5.73. The fourth-order valence-corrected chi connectivity index (χ4v) is 1.55. The van der Waals surface area contributed by atoms with Crippen LogP contribution in [0.2, 0.25) is 0 Å². The first-order valence-corrected chi connectivity index (χ1v) is 5.26. The Morgan fingerprint density at radius 2 is 2.24 bits per heavy atom. The lowest BCUT2D eigenvalue weighted by molar-refractivity contribution is 0.0994. The van der Waals surface area contributed by atoms with Gasteiger partial charge in [-0.25, -0.2) is 9.97 Å². The van der Waals surface area contributed by atoms with E-state index in [1.807, 2.05) is 6.92 Å². The number of hydrogen-bond acceptors (Lipinski definition) is 4. The van der Waals surface area contributed by atoms with Gasteiger partial charge >= 0.3 is 0 Å². The van der Waals surface area contributed by atoms with Crippen LogP contribution in [0.3, 0.4) is 0 Å². The average molecular weight is 231 g/mol. The second kappa shape index (κ2) is 4.32. The zero-order chi connectivity index (χ0) is 12.4. The number of nitrogens with zero attached hydrogens (tertiary/aromatic N) is 4. The summed E-state index contributed by atoms with van der Waals surface area (Å²) in [7, 11) is 1.80. The second-order valence-corrected chi connectivity index (χ2v) is 3.69.